The SMILES string of the molecule is C=CCS(=O)(=O)CC(=O)NCc1ccccc1F. The fourth-order valence-corrected chi connectivity index (χ4v) is 2.30. The third-order valence-electron chi connectivity index (χ3n) is 2.16. The summed E-state index contributed by atoms with van der Waals surface area (Å²) in [6.07, 6.45) is 1.22. The van der Waals surface area contributed by atoms with E-state index in [2.05, 4.69) is 11.9 Å². The van der Waals surface area contributed by atoms with Crippen LogP contribution < -0.4 is 5.32 Å². The predicted octanol–water partition coefficient (Wildman–Crippen LogP) is 1.04. The number of halogens is 1. The molecule has 0 unspecified atom stereocenters. The van der Waals surface area contributed by atoms with Gasteiger partial charge in [0.15, 0.2) is 9.84 Å². The number of nitrogens with one attached hydrogen (secondary N) is 1. The van der Waals surface area contributed by atoms with Crippen molar-refractivity contribution in [2.45, 2.75) is 6.54 Å². The average molecular weight is 271 g/mol. The average Bonchev–Trinajstić information content (AvgIpc) is 2.27. The monoisotopic (exact) mass is 271 g/mol. The van der Waals surface area contributed by atoms with Crippen LogP contribution in [0.4, 0.5) is 4.39 Å². The molecule has 4 nitrogen and oxygen atoms in total. The number of rotatable bonds is 6. The second-order valence-corrected chi connectivity index (χ2v) is 5.82. The molecule has 1 amide bonds. The van der Waals surface area contributed by atoms with Gasteiger partial charge in [-0.2, -0.15) is 0 Å². The zero-order chi connectivity index (χ0) is 13.6. The van der Waals surface area contributed by atoms with Crippen molar-refractivity contribution in [3.05, 3.63) is 48.3 Å². The minimum Gasteiger partial charge on any atom is -0.351 e. The zero-order valence-electron chi connectivity index (χ0n) is 9.73. The molecule has 98 valence electrons. The molecule has 0 aliphatic carbocycles. The van der Waals surface area contributed by atoms with Gasteiger partial charge in [0.1, 0.15) is 11.6 Å². The van der Waals surface area contributed by atoms with Gasteiger partial charge in [-0.25, -0.2) is 12.8 Å². The second kappa shape index (κ2) is 6.30. The Morgan fingerprint density at radius 3 is 2.67 bits per heavy atom. The number of amides is 1. The fraction of sp³-hybridized carbons (Fsp3) is 0.250. The van der Waals surface area contributed by atoms with Crippen LogP contribution >= 0.6 is 0 Å². The molecule has 1 rings (SSSR count). The van der Waals surface area contributed by atoms with Crippen molar-refractivity contribution in [3.63, 3.8) is 0 Å². The summed E-state index contributed by atoms with van der Waals surface area (Å²) in [4.78, 5) is 11.4. The summed E-state index contributed by atoms with van der Waals surface area (Å²) in [7, 11) is -3.47. The van der Waals surface area contributed by atoms with E-state index < -0.39 is 27.3 Å². The van der Waals surface area contributed by atoms with E-state index in [0.29, 0.717) is 5.56 Å². The van der Waals surface area contributed by atoms with Crippen molar-refractivity contribution in [3.8, 4) is 0 Å². The molecule has 0 heterocycles. The Labute approximate surface area is 105 Å². The maximum absolute atomic E-state index is 13.2. The van der Waals surface area contributed by atoms with Crippen molar-refractivity contribution in [2.24, 2.45) is 0 Å². The molecule has 0 radical (unpaired) electrons. The molecule has 1 N–H and O–H groups in total. The van der Waals surface area contributed by atoms with Crippen LogP contribution in [0, 0.1) is 5.82 Å². The van der Waals surface area contributed by atoms with E-state index in [-0.39, 0.29) is 12.3 Å². The molecule has 0 aliphatic heterocycles. The molecule has 6 heteroatoms. The summed E-state index contributed by atoms with van der Waals surface area (Å²) in [5.41, 5.74) is 0.312. The molecule has 0 aliphatic rings. The van der Waals surface area contributed by atoms with Gasteiger partial charge in [-0.05, 0) is 6.07 Å². The minimum atomic E-state index is -3.47. The third-order valence-corrected chi connectivity index (χ3v) is 3.60. The standard InChI is InChI=1S/C12H14FNO3S/c1-2-7-18(16,17)9-12(15)14-8-10-5-3-4-6-11(10)13/h2-6H,1,7-9H2,(H,14,15). The molecule has 18 heavy (non-hydrogen) atoms. The predicted molar refractivity (Wildman–Crippen MR) is 67.1 cm³/mol. The number of hydrogen-bond donors (Lipinski definition) is 1. The van der Waals surface area contributed by atoms with Crippen molar-refractivity contribution in [1.29, 1.82) is 0 Å². The van der Waals surface area contributed by atoms with Gasteiger partial charge in [0.05, 0.1) is 5.75 Å². The van der Waals surface area contributed by atoms with Crippen LogP contribution in [0.5, 0.6) is 0 Å². The first-order valence-electron chi connectivity index (χ1n) is 5.26. The van der Waals surface area contributed by atoms with E-state index in [0.717, 1.165) is 0 Å². The van der Waals surface area contributed by atoms with E-state index in [9.17, 15) is 17.6 Å². The summed E-state index contributed by atoms with van der Waals surface area (Å²) in [6.45, 7) is 3.27. The highest BCUT2D eigenvalue weighted by Crippen LogP contribution is 2.05. The minimum absolute atomic E-state index is 0.0326. The van der Waals surface area contributed by atoms with Crippen molar-refractivity contribution in [2.75, 3.05) is 11.5 Å². The smallest absolute Gasteiger partial charge is 0.235 e. The Bertz CT molecular complexity index is 540. The molecular formula is C12H14FNO3S. The number of carbonyl (C=O) groups excluding carboxylic acids is 1. The van der Waals surface area contributed by atoms with Crippen LogP contribution in [0.3, 0.4) is 0 Å². The van der Waals surface area contributed by atoms with Crippen LogP contribution in [-0.4, -0.2) is 25.8 Å². The number of sulfone groups is 1. The van der Waals surface area contributed by atoms with Crippen LogP contribution in [0.2, 0.25) is 0 Å². The Morgan fingerprint density at radius 2 is 2.06 bits per heavy atom. The molecular weight excluding hydrogens is 257 g/mol. The van der Waals surface area contributed by atoms with Crippen molar-refractivity contribution in [1.82, 2.24) is 5.32 Å². The van der Waals surface area contributed by atoms with Gasteiger partial charge in [-0.3, -0.25) is 4.79 Å². The highest BCUT2D eigenvalue weighted by Gasteiger charge is 2.14. The quantitative estimate of drug-likeness (QED) is 0.786. The number of hydrogen-bond acceptors (Lipinski definition) is 3. The van der Waals surface area contributed by atoms with Gasteiger partial charge in [-0.1, -0.05) is 24.3 Å². The first kappa shape index (κ1) is 14.4. The van der Waals surface area contributed by atoms with Gasteiger partial charge in [0, 0.05) is 12.1 Å². The van der Waals surface area contributed by atoms with E-state index in [4.69, 9.17) is 0 Å². The second-order valence-electron chi connectivity index (χ2n) is 3.71. The molecule has 0 saturated heterocycles. The molecule has 0 aromatic heterocycles. The Kier molecular flexibility index (Phi) is 5.03. The summed E-state index contributed by atoms with van der Waals surface area (Å²) in [5.74, 6) is -1.96. The number of benzene rings is 1. The number of carbonyl (C=O) groups is 1. The van der Waals surface area contributed by atoms with E-state index in [1.165, 1.54) is 24.3 Å². The molecule has 0 bridgehead atoms. The molecule has 1 aromatic rings. The van der Waals surface area contributed by atoms with Crippen LogP contribution in [0.15, 0.2) is 36.9 Å². The van der Waals surface area contributed by atoms with Gasteiger partial charge < -0.3 is 5.32 Å². The molecule has 0 saturated carbocycles. The van der Waals surface area contributed by atoms with Crippen molar-refractivity contribution >= 4 is 15.7 Å². The lowest BCUT2D eigenvalue weighted by Crippen LogP contribution is -2.30. The van der Waals surface area contributed by atoms with E-state index in [1.54, 1.807) is 6.07 Å². The lowest BCUT2D eigenvalue weighted by atomic mass is 10.2. The lowest BCUT2D eigenvalue weighted by molar-refractivity contribution is -0.118. The Hall–Kier alpha value is -1.69. The van der Waals surface area contributed by atoms with Crippen LogP contribution in [0.25, 0.3) is 0 Å². The highest BCUT2D eigenvalue weighted by molar-refractivity contribution is 7.92. The largest absolute Gasteiger partial charge is 0.351 e. The summed E-state index contributed by atoms with van der Waals surface area (Å²) < 4.78 is 35.8. The first-order chi connectivity index (χ1) is 8.44. The Balaban J connectivity index is 2.52. The van der Waals surface area contributed by atoms with E-state index in [1.807, 2.05) is 0 Å². The maximum atomic E-state index is 13.2. The maximum Gasteiger partial charge on any atom is 0.235 e. The van der Waals surface area contributed by atoms with Gasteiger partial charge >= 0.3 is 0 Å². The normalized spacial score (nSPS) is 10.9. The van der Waals surface area contributed by atoms with E-state index >= 15 is 0 Å². The van der Waals surface area contributed by atoms with Gasteiger partial charge in [-0.15, -0.1) is 6.58 Å². The molecule has 0 spiro atoms. The Morgan fingerprint density at radius 1 is 1.39 bits per heavy atom. The molecule has 0 fully saturated rings. The van der Waals surface area contributed by atoms with Crippen LogP contribution in [0.1, 0.15) is 5.56 Å². The molecule has 0 atom stereocenters. The highest BCUT2D eigenvalue weighted by atomic mass is 32.2. The third kappa shape index (κ3) is 4.67. The van der Waals surface area contributed by atoms with Crippen LogP contribution in [-0.2, 0) is 21.2 Å². The topological polar surface area (TPSA) is 63.2 Å². The first-order valence-corrected chi connectivity index (χ1v) is 7.08. The van der Waals surface area contributed by atoms with Gasteiger partial charge in [0.25, 0.3) is 0 Å². The lowest BCUT2D eigenvalue weighted by Gasteiger charge is -2.06. The molecule has 1 aromatic carbocycles. The summed E-state index contributed by atoms with van der Waals surface area (Å²) >= 11 is 0. The summed E-state index contributed by atoms with van der Waals surface area (Å²) in [5, 5.41) is 2.36. The van der Waals surface area contributed by atoms with Crippen molar-refractivity contribution < 1.29 is 17.6 Å². The van der Waals surface area contributed by atoms with Gasteiger partial charge in [0.2, 0.25) is 5.91 Å². The fourth-order valence-electron chi connectivity index (χ4n) is 1.32. The summed E-state index contributed by atoms with van der Waals surface area (Å²) in [6, 6.07) is 5.97. The zero-order valence-corrected chi connectivity index (χ0v) is 10.5.